The van der Waals surface area contributed by atoms with Crippen molar-refractivity contribution in [1.29, 1.82) is 0 Å². The molecule has 7 heteroatoms. The summed E-state index contributed by atoms with van der Waals surface area (Å²) in [4.78, 5) is 15.1. The highest BCUT2D eigenvalue weighted by Gasteiger charge is 2.37. The third kappa shape index (κ3) is 3.30. The van der Waals surface area contributed by atoms with Crippen LogP contribution in [0.4, 0.5) is 0 Å². The molecule has 112 valence electrons. The van der Waals surface area contributed by atoms with Crippen molar-refractivity contribution in [3.8, 4) is 0 Å². The SMILES string of the molecule is CC(C)c1nnsc1C(=O)N1CC(CCl)OC(C)(C)C1. The van der Waals surface area contributed by atoms with Crippen molar-refractivity contribution in [2.75, 3.05) is 19.0 Å². The van der Waals surface area contributed by atoms with Crippen LogP contribution in [-0.2, 0) is 4.74 Å². The molecule has 1 aromatic heterocycles. The Morgan fingerprint density at radius 2 is 2.30 bits per heavy atom. The Balaban J connectivity index is 2.21. The molecular formula is C13H20ClN3O2S. The molecule has 1 aromatic rings. The second-order valence-electron chi connectivity index (χ2n) is 5.98. The maximum atomic E-state index is 12.7. The number of amides is 1. The third-order valence-corrected chi connectivity index (χ3v) is 4.27. The van der Waals surface area contributed by atoms with Crippen LogP contribution in [0.5, 0.6) is 0 Å². The fourth-order valence-corrected chi connectivity index (χ4v) is 3.35. The molecule has 1 aliphatic heterocycles. The van der Waals surface area contributed by atoms with Crippen LogP contribution in [0.25, 0.3) is 0 Å². The monoisotopic (exact) mass is 317 g/mol. The Kier molecular flexibility index (Phi) is 4.66. The van der Waals surface area contributed by atoms with Crippen molar-refractivity contribution in [3.05, 3.63) is 10.6 Å². The fourth-order valence-electron chi connectivity index (χ4n) is 2.40. The van der Waals surface area contributed by atoms with Gasteiger partial charge in [-0.1, -0.05) is 18.3 Å². The van der Waals surface area contributed by atoms with E-state index in [4.69, 9.17) is 16.3 Å². The number of rotatable bonds is 3. The van der Waals surface area contributed by atoms with Gasteiger partial charge in [0, 0.05) is 13.1 Å². The summed E-state index contributed by atoms with van der Waals surface area (Å²) in [5.74, 6) is 0.548. The molecule has 0 aromatic carbocycles. The minimum atomic E-state index is -0.385. The predicted octanol–water partition coefficient (Wildman–Crippen LogP) is 2.52. The summed E-state index contributed by atoms with van der Waals surface area (Å²) in [6, 6.07) is 0. The number of ether oxygens (including phenoxy) is 1. The summed E-state index contributed by atoms with van der Waals surface area (Å²) in [6.45, 7) is 9.03. The van der Waals surface area contributed by atoms with Gasteiger partial charge in [-0.2, -0.15) is 0 Å². The molecule has 0 radical (unpaired) electrons. The van der Waals surface area contributed by atoms with E-state index in [1.807, 2.05) is 27.7 Å². The first kappa shape index (κ1) is 15.7. The van der Waals surface area contributed by atoms with E-state index < -0.39 is 0 Å². The van der Waals surface area contributed by atoms with Crippen molar-refractivity contribution in [2.45, 2.75) is 45.3 Å². The molecule has 1 fully saturated rings. The highest BCUT2D eigenvalue weighted by atomic mass is 35.5. The highest BCUT2D eigenvalue weighted by molar-refractivity contribution is 7.08. The van der Waals surface area contributed by atoms with Gasteiger partial charge in [0.1, 0.15) is 4.88 Å². The third-order valence-electron chi connectivity index (χ3n) is 3.20. The van der Waals surface area contributed by atoms with Crippen LogP contribution >= 0.6 is 23.1 Å². The number of nitrogens with zero attached hydrogens (tertiary/aromatic N) is 3. The van der Waals surface area contributed by atoms with Crippen molar-refractivity contribution in [3.63, 3.8) is 0 Å². The van der Waals surface area contributed by atoms with Gasteiger partial charge >= 0.3 is 0 Å². The Morgan fingerprint density at radius 3 is 2.90 bits per heavy atom. The van der Waals surface area contributed by atoms with Crippen LogP contribution in [0.3, 0.4) is 0 Å². The van der Waals surface area contributed by atoms with Crippen molar-refractivity contribution >= 4 is 29.0 Å². The van der Waals surface area contributed by atoms with Crippen molar-refractivity contribution in [1.82, 2.24) is 14.5 Å². The zero-order valence-electron chi connectivity index (χ0n) is 12.2. The normalized spacial score (nSPS) is 22.3. The van der Waals surface area contributed by atoms with Crippen LogP contribution in [0.2, 0.25) is 0 Å². The zero-order valence-corrected chi connectivity index (χ0v) is 13.8. The number of alkyl halides is 1. The molecule has 0 spiro atoms. The summed E-state index contributed by atoms with van der Waals surface area (Å²) in [6.07, 6.45) is -0.132. The van der Waals surface area contributed by atoms with Gasteiger partial charge in [0.15, 0.2) is 0 Å². The second-order valence-corrected chi connectivity index (χ2v) is 7.04. The lowest BCUT2D eigenvalue weighted by Gasteiger charge is -2.42. The molecule has 0 N–H and O–H groups in total. The van der Waals surface area contributed by atoms with E-state index in [2.05, 4.69) is 9.59 Å². The van der Waals surface area contributed by atoms with Crippen LogP contribution in [0, 0.1) is 0 Å². The quantitative estimate of drug-likeness (QED) is 0.804. The summed E-state index contributed by atoms with van der Waals surface area (Å²) >= 11 is 7.06. The summed E-state index contributed by atoms with van der Waals surface area (Å²) < 4.78 is 9.77. The molecule has 0 bridgehead atoms. The molecule has 1 saturated heterocycles. The minimum absolute atomic E-state index is 0.0183. The Hall–Kier alpha value is -0.720. The number of hydrogen-bond donors (Lipinski definition) is 0. The Morgan fingerprint density at radius 1 is 1.60 bits per heavy atom. The lowest BCUT2D eigenvalue weighted by Crippen LogP contribution is -2.55. The van der Waals surface area contributed by atoms with Gasteiger partial charge in [0.25, 0.3) is 5.91 Å². The maximum Gasteiger partial charge on any atom is 0.267 e. The predicted molar refractivity (Wildman–Crippen MR) is 79.6 cm³/mol. The Bertz CT molecular complexity index is 490. The molecule has 0 saturated carbocycles. The van der Waals surface area contributed by atoms with E-state index in [1.54, 1.807) is 4.90 Å². The topological polar surface area (TPSA) is 55.3 Å². The first-order chi connectivity index (χ1) is 9.34. The summed E-state index contributed by atoms with van der Waals surface area (Å²) in [5.41, 5.74) is 0.385. The summed E-state index contributed by atoms with van der Waals surface area (Å²) in [5, 5.41) is 4.07. The number of hydrogen-bond acceptors (Lipinski definition) is 5. The van der Waals surface area contributed by atoms with E-state index in [9.17, 15) is 4.79 Å². The number of carbonyl (C=O) groups is 1. The molecule has 1 atom stereocenters. The van der Waals surface area contributed by atoms with Gasteiger partial charge < -0.3 is 9.64 Å². The van der Waals surface area contributed by atoms with E-state index in [0.717, 1.165) is 17.2 Å². The molecule has 5 nitrogen and oxygen atoms in total. The zero-order chi connectivity index (χ0) is 14.9. The number of halogens is 1. The van der Waals surface area contributed by atoms with Gasteiger partial charge in [-0.05, 0) is 31.3 Å². The van der Waals surface area contributed by atoms with Gasteiger partial charge in [-0.3, -0.25) is 4.79 Å². The van der Waals surface area contributed by atoms with Gasteiger partial charge in [0.2, 0.25) is 0 Å². The van der Waals surface area contributed by atoms with Gasteiger partial charge in [0.05, 0.1) is 23.3 Å². The van der Waals surface area contributed by atoms with Crippen LogP contribution in [0.1, 0.15) is 49.0 Å². The lowest BCUT2D eigenvalue weighted by molar-refractivity contribution is -0.117. The number of carbonyl (C=O) groups excluding carboxylic acids is 1. The van der Waals surface area contributed by atoms with E-state index in [1.165, 1.54) is 0 Å². The van der Waals surface area contributed by atoms with Crippen LogP contribution in [-0.4, -0.2) is 51.1 Å². The van der Waals surface area contributed by atoms with Crippen LogP contribution in [0.15, 0.2) is 0 Å². The second kappa shape index (κ2) is 5.95. The summed E-state index contributed by atoms with van der Waals surface area (Å²) in [7, 11) is 0. The molecule has 1 aliphatic rings. The maximum absolute atomic E-state index is 12.7. The van der Waals surface area contributed by atoms with E-state index in [-0.39, 0.29) is 23.5 Å². The largest absolute Gasteiger partial charge is 0.367 e. The van der Waals surface area contributed by atoms with Crippen LogP contribution < -0.4 is 0 Å². The standard InChI is InChI=1S/C13H20ClN3O2S/c1-8(2)10-11(20-16-15-10)12(18)17-6-9(5-14)19-13(3,4)7-17/h8-9H,5-7H2,1-4H3. The molecule has 0 aliphatic carbocycles. The van der Waals surface area contributed by atoms with E-state index >= 15 is 0 Å². The van der Waals surface area contributed by atoms with Crippen molar-refractivity contribution < 1.29 is 9.53 Å². The molecular weight excluding hydrogens is 298 g/mol. The van der Waals surface area contributed by atoms with Gasteiger partial charge in [-0.15, -0.1) is 16.7 Å². The minimum Gasteiger partial charge on any atom is -0.367 e. The molecule has 1 amide bonds. The first-order valence-corrected chi connectivity index (χ1v) is 8.00. The van der Waals surface area contributed by atoms with Gasteiger partial charge in [-0.25, -0.2) is 0 Å². The molecule has 20 heavy (non-hydrogen) atoms. The average molecular weight is 318 g/mol. The Labute approximate surface area is 128 Å². The smallest absolute Gasteiger partial charge is 0.267 e. The number of aromatic nitrogens is 2. The molecule has 1 unspecified atom stereocenters. The lowest BCUT2D eigenvalue weighted by atomic mass is 10.0. The highest BCUT2D eigenvalue weighted by Crippen LogP contribution is 2.26. The molecule has 2 heterocycles. The fraction of sp³-hybridized carbons (Fsp3) is 0.769. The first-order valence-electron chi connectivity index (χ1n) is 6.69. The van der Waals surface area contributed by atoms with E-state index in [0.29, 0.717) is 23.8 Å². The molecule has 2 rings (SSSR count). The average Bonchev–Trinajstić information content (AvgIpc) is 2.85. The van der Waals surface area contributed by atoms with Crippen molar-refractivity contribution in [2.24, 2.45) is 0 Å². The number of morpholine rings is 1.